The molecule has 0 saturated carbocycles. The van der Waals surface area contributed by atoms with E-state index in [2.05, 4.69) is 20.4 Å². The Bertz CT molecular complexity index is 806. The minimum Gasteiger partial charge on any atom is -0.480 e. The highest BCUT2D eigenvalue weighted by molar-refractivity contribution is 5.93. The van der Waals surface area contributed by atoms with Gasteiger partial charge in [-0.05, 0) is 18.2 Å². The van der Waals surface area contributed by atoms with E-state index in [-0.39, 0.29) is 18.8 Å². The van der Waals surface area contributed by atoms with Gasteiger partial charge in [-0.25, -0.2) is 13.9 Å². The van der Waals surface area contributed by atoms with Crippen molar-refractivity contribution in [3.05, 3.63) is 41.5 Å². The molecule has 0 bridgehead atoms. The normalized spacial score (nSPS) is 11.4. The zero-order valence-corrected chi connectivity index (χ0v) is 13.0. The van der Waals surface area contributed by atoms with E-state index in [1.165, 1.54) is 12.1 Å². The van der Waals surface area contributed by atoms with Crippen LogP contribution in [0.5, 0.6) is 0 Å². The Kier molecular flexibility index (Phi) is 5.87. The van der Waals surface area contributed by atoms with E-state index < -0.39 is 41.9 Å². The van der Waals surface area contributed by atoms with Crippen molar-refractivity contribution in [2.75, 3.05) is 19.8 Å². The highest BCUT2D eigenvalue weighted by Gasteiger charge is 2.42. The number of carbonyl (C=O) groups excluding carboxylic acids is 1. The average Bonchev–Trinajstić information content (AvgIpc) is 2.99. The molecule has 2 rings (SSSR count). The number of benzene rings is 1. The summed E-state index contributed by atoms with van der Waals surface area (Å²) in [7, 11) is 0. The maximum Gasteiger partial charge on any atom is 0.435 e. The third kappa shape index (κ3) is 4.75. The number of nitrogens with zero attached hydrogens (tertiary/aromatic N) is 3. The third-order valence-electron chi connectivity index (χ3n) is 2.96. The molecule has 8 nitrogen and oxygen atoms in total. The van der Waals surface area contributed by atoms with Gasteiger partial charge in [0.2, 0.25) is 0 Å². The van der Waals surface area contributed by atoms with Crippen LogP contribution in [0, 0.1) is 5.82 Å². The average molecular weight is 376 g/mol. The van der Waals surface area contributed by atoms with Gasteiger partial charge in [0, 0.05) is 6.54 Å². The molecule has 0 saturated heterocycles. The number of rotatable bonds is 7. The van der Waals surface area contributed by atoms with Crippen molar-refractivity contribution in [1.29, 1.82) is 0 Å². The SMILES string of the molecule is O=C(O)COCCNC(=O)c1nnn(-c2cccc(F)c2)c1C(F)(F)F. The standard InChI is InChI=1S/C14H12F4N4O4/c15-8-2-1-3-9(6-8)22-12(14(16,17)18)11(20-21-22)13(25)19-4-5-26-7-10(23)24/h1-3,6H,4-5,7H2,(H,19,25)(H,23,24). The van der Waals surface area contributed by atoms with Crippen LogP contribution in [0.2, 0.25) is 0 Å². The van der Waals surface area contributed by atoms with E-state index in [0.717, 1.165) is 12.1 Å². The second-order valence-corrected chi connectivity index (χ2v) is 4.88. The lowest BCUT2D eigenvalue weighted by Gasteiger charge is -2.11. The molecule has 140 valence electrons. The van der Waals surface area contributed by atoms with Crippen LogP contribution in [0.1, 0.15) is 16.2 Å². The van der Waals surface area contributed by atoms with Gasteiger partial charge in [0.15, 0.2) is 11.4 Å². The first kappa shape index (κ1) is 19.3. The zero-order valence-electron chi connectivity index (χ0n) is 13.0. The number of nitrogens with one attached hydrogen (secondary N) is 1. The number of hydrogen-bond donors (Lipinski definition) is 2. The molecule has 0 aliphatic rings. The minimum absolute atomic E-state index is 0.225. The molecule has 1 amide bonds. The molecule has 12 heteroatoms. The molecule has 0 fully saturated rings. The van der Waals surface area contributed by atoms with Crippen molar-refractivity contribution >= 4 is 11.9 Å². The highest BCUT2D eigenvalue weighted by Crippen LogP contribution is 2.32. The van der Waals surface area contributed by atoms with Crippen molar-refractivity contribution in [2.45, 2.75) is 6.18 Å². The van der Waals surface area contributed by atoms with Crippen molar-refractivity contribution in [3.63, 3.8) is 0 Å². The van der Waals surface area contributed by atoms with Crippen LogP contribution in [-0.2, 0) is 15.7 Å². The van der Waals surface area contributed by atoms with Crippen LogP contribution in [0.15, 0.2) is 24.3 Å². The number of carbonyl (C=O) groups is 2. The van der Waals surface area contributed by atoms with Gasteiger partial charge in [-0.15, -0.1) is 5.10 Å². The first-order chi connectivity index (χ1) is 12.2. The molecule has 2 aromatic rings. The number of amides is 1. The zero-order chi connectivity index (χ0) is 19.3. The Labute approximate surface area is 143 Å². The number of hydrogen-bond acceptors (Lipinski definition) is 5. The van der Waals surface area contributed by atoms with Gasteiger partial charge in [0.1, 0.15) is 12.4 Å². The number of alkyl halides is 3. The molecule has 1 heterocycles. The summed E-state index contributed by atoms with van der Waals surface area (Å²) in [5.74, 6) is -3.19. The van der Waals surface area contributed by atoms with E-state index in [1.54, 1.807) is 0 Å². The molecule has 0 unspecified atom stereocenters. The van der Waals surface area contributed by atoms with Gasteiger partial charge >= 0.3 is 12.1 Å². The Morgan fingerprint density at radius 2 is 2.04 bits per heavy atom. The summed E-state index contributed by atoms with van der Waals surface area (Å²) >= 11 is 0. The largest absolute Gasteiger partial charge is 0.480 e. The molecule has 1 aromatic heterocycles. The molecule has 1 aromatic carbocycles. The van der Waals surface area contributed by atoms with E-state index in [9.17, 15) is 27.2 Å². The molecule has 0 aliphatic carbocycles. The highest BCUT2D eigenvalue weighted by atomic mass is 19.4. The maximum absolute atomic E-state index is 13.4. The Morgan fingerprint density at radius 1 is 1.31 bits per heavy atom. The van der Waals surface area contributed by atoms with Crippen LogP contribution in [0.25, 0.3) is 5.69 Å². The van der Waals surface area contributed by atoms with Gasteiger partial charge in [0.25, 0.3) is 5.91 Å². The Morgan fingerprint density at radius 3 is 2.65 bits per heavy atom. The van der Waals surface area contributed by atoms with Crippen LogP contribution >= 0.6 is 0 Å². The lowest BCUT2D eigenvalue weighted by molar-refractivity contribution is -0.143. The van der Waals surface area contributed by atoms with E-state index >= 15 is 0 Å². The van der Waals surface area contributed by atoms with Crippen LogP contribution < -0.4 is 5.32 Å². The van der Waals surface area contributed by atoms with Crippen molar-refractivity contribution in [1.82, 2.24) is 20.3 Å². The second kappa shape index (κ2) is 7.91. The molecule has 0 aliphatic heterocycles. The van der Waals surface area contributed by atoms with Crippen LogP contribution in [0.3, 0.4) is 0 Å². The monoisotopic (exact) mass is 376 g/mol. The summed E-state index contributed by atoms with van der Waals surface area (Å²) in [6, 6.07) is 4.21. The number of carboxylic acid groups (broad SMARTS) is 1. The number of ether oxygens (including phenoxy) is 1. The number of halogens is 4. The second-order valence-electron chi connectivity index (χ2n) is 4.88. The topological polar surface area (TPSA) is 106 Å². The summed E-state index contributed by atoms with van der Waals surface area (Å²) in [6.07, 6.45) is -4.98. The van der Waals surface area contributed by atoms with Gasteiger partial charge in [-0.2, -0.15) is 13.2 Å². The van der Waals surface area contributed by atoms with Crippen molar-refractivity contribution < 1.29 is 37.0 Å². The lowest BCUT2D eigenvalue weighted by atomic mass is 10.2. The predicted molar refractivity (Wildman–Crippen MR) is 77.1 cm³/mol. The summed E-state index contributed by atoms with van der Waals surface area (Å²) < 4.78 is 58.3. The van der Waals surface area contributed by atoms with E-state index in [1.807, 2.05) is 0 Å². The lowest BCUT2D eigenvalue weighted by Crippen LogP contribution is -2.30. The summed E-state index contributed by atoms with van der Waals surface area (Å²) in [6.45, 7) is -1.08. The maximum atomic E-state index is 13.4. The van der Waals surface area contributed by atoms with Gasteiger partial charge in [-0.3, -0.25) is 4.79 Å². The predicted octanol–water partition coefficient (Wildman–Crippen LogP) is 1.26. The fraction of sp³-hybridized carbons (Fsp3) is 0.286. The summed E-state index contributed by atoms with van der Waals surface area (Å²) in [4.78, 5) is 22.2. The quantitative estimate of drug-likeness (QED) is 0.557. The molecule has 2 N–H and O–H groups in total. The van der Waals surface area contributed by atoms with Crippen molar-refractivity contribution in [3.8, 4) is 5.69 Å². The minimum atomic E-state index is -4.98. The van der Waals surface area contributed by atoms with Crippen LogP contribution in [-0.4, -0.2) is 51.7 Å². The van der Waals surface area contributed by atoms with Crippen LogP contribution in [0.4, 0.5) is 17.6 Å². The van der Waals surface area contributed by atoms with E-state index in [4.69, 9.17) is 5.11 Å². The molecule has 0 radical (unpaired) electrons. The first-order valence-corrected chi connectivity index (χ1v) is 7.06. The summed E-state index contributed by atoms with van der Waals surface area (Å²) in [5, 5.41) is 17.0. The number of aliphatic carboxylic acids is 1. The fourth-order valence-corrected chi connectivity index (χ4v) is 1.96. The molecule has 0 atom stereocenters. The molecular formula is C14H12F4N4O4. The molecule has 0 spiro atoms. The molecular weight excluding hydrogens is 364 g/mol. The fourth-order valence-electron chi connectivity index (χ4n) is 1.96. The van der Waals surface area contributed by atoms with E-state index in [0.29, 0.717) is 4.68 Å². The summed E-state index contributed by atoms with van der Waals surface area (Å²) in [5.41, 5.74) is -2.72. The van der Waals surface area contributed by atoms with Gasteiger partial charge < -0.3 is 15.2 Å². The van der Waals surface area contributed by atoms with Crippen molar-refractivity contribution in [2.24, 2.45) is 0 Å². The Balaban J connectivity index is 2.21. The molecule has 26 heavy (non-hydrogen) atoms. The third-order valence-corrected chi connectivity index (χ3v) is 2.96. The smallest absolute Gasteiger partial charge is 0.435 e. The first-order valence-electron chi connectivity index (χ1n) is 7.06. The van der Waals surface area contributed by atoms with Gasteiger partial charge in [-0.1, -0.05) is 11.3 Å². The number of carboxylic acids is 1. The Hall–Kier alpha value is -3.02. The number of aromatic nitrogens is 3. The van der Waals surface area contributed by atoms with Gasteiger partial charge in [0.05, 0.1) is 12.3 Å².